The minimum Gasteiger partial charge on any atom is -0.467 e. The Balaban J connectivity index is 1.71. The lowest BCUT2D eigenvalue weighted by atomic mass is 10.1. The molecule has 3 aromatic heterocycles. The van der Waals surface area contributed by atoms with Crippen molar-refractivity contribution in [3.8, 4) is 0 Å². The van der Waals surface area contributed by atoms with Crippen molar-refractivity contribution >= 4 is 28.4 Å². The summed E-state index contributed by atoms with van der Waals surface area (Å²) >= 11 is 6.09. The fourth-order valence-corrected chi connectivity index (χ4v) is 3.19. The van der Waals surface area contributed by atoms with Crippen molar-refractivity contribution in [2.45, 2.75) is 20.0 Å². The van der Waals surface area contributed by atoms with Crippen molar-refractivity contribution in [3.05, 3.63) is 88.9 Å². The summed E-state index contributed by atoms with van der Waals surface area (Å²) in [5.74, 6) is 1.25. The predicted molar refractivity (Wildman–Crippen MR) is 102 cm³/mol. The second-order valence-electron chi connectivity index (χ2n) is 6.28. The highest BCUT2D eigenvalue weighted by Gasteiger charge is 2.21. The van der Waals surface area contributed by atoms with E-state index < -0.39 is 0 Å². The fourth-order valence-electron chi connectivity index (χ4n) is 3.01. The number of carbonyl (C=O) groups excluding carboxylic acids is 1. The van der Waals surface area contributed by atoms with Crippen LogP contribution < -0.4 is 0 Å². The maximum atomic E-state index is 13.3. The lowest BCUT2D eigenvalue weighted by Crippen LogP contribution is -2.30. The zero-order chi connectivity index (χ0) is 18.8. The fraction of sp³-hybridized carbons (Fsp3) is 0.143. The van der Waals surface area contributed by atoms with Crippen LogP contribution in [0, 0.1) is 6.92 Å². The number of hydrogen-bond acceptors (Lipinski definition) is 4. The van der Waals surface area contributed by atoms with Gasteiger partial charge >= 0.3 is 0 Å². The number of aromatic nitrogens is 1. The molecule has 0 saturated carbocycles. The van der Waals surface area contributed by atoms with Gasteiger partial charge in [0.15, 0.2) is 0 Å². The highest BCUT2D eigenvalue weighted by Crippen LogP contribution is 2.23. The monoisotopic (exact) mass is 380 g/mol. The number of halogens is 1. The van der Waals surface area contributed by atoms with Gasteiger partial charge in [-0.3, -0.25) is 9.78 Å². The predicted octanol–water partition coefficient (Wildman–Crippen LogP) is 5.23. The van der Waals surface area contributed by atoms with E-state index in [1.807, 2.05) is 37.3 Å². The molecule has 6 heteroatoms. The van der Waals surface area contributed by atoms with Gasteiger partial charge in [-0.2, -0.15) is 0 Å². The number of amides is 1. The molecule has 1 aromatic carbocycles. The molecule has 0 aliphatic carbocycles. The third-order valence-corrected chi connectivity index (χ3v) is 4.57. The molecule has 4 rings (SSSR count). The van der Waals surface area contributed by atoms with Crippen LogP contribution in [0.1, 0.15) is 27.6 Å². The van der Waals surface area contributed by atoms with Crippen LogP contribution in [0.3, 0.4) is 0 Å². The molecule has 5 nitrogen and oxygen atoms in total. The minimum atomic E-state index is -0.144. The molecule has 0 fully saturated rings. The average Bonchev–Trinajstić information content (AvgIpc) is 3.34. The van der Waals surface area contributed by atoms with Crippen molar-refractivity contribution in [1.29, 1.82) is 0 Å². The molecular weight excluding hydrogens is 364 g/mol. The van der Waals surface area contributed by atoms with Crippen molar-refractivity contribution < 1.29 is 13.6 Å². The first-order valence-corrected chi connectivity index (χ1v) is 8.89. The molecule has 0 atom stereocenters. The number of furan rings is 2. The average molecular weight is 381 g/mol. The second kappa shape index (κ2) is 7.29. The van der Waals surface area contributed by atoms with Gasteiger partial charge in [0.2, 0.25) is 0 Å². The summed E-state index contributed by atoms with van der Waals surface area (Å²) in [5.41, 5.74) is 2.00. The van der Waals surface area contributed by atoms with E-state index in [4.69, 9.17) is 20.4 Å². The van der Waals surface area contributed by atoms with Crippen molar-refractivity contribution in [2.24, 2.45) is 0 Å². The van der Waals surface area contributed by atoms with Gasteiger partial charge < -0.3 is 13.7 Å². The van der Waals surface area contributed by atoms with Gasteiger partial charge in [0.05, 0.1) is 42.4 Å². The van der Waals surface area contributed by atoms with E-state index in [0.29, 0.717) is 40.9 Å². The molecule has 1 amide bonds. The van der Waals surface area contributed by atoms with Crippen LogP contribution in [0.4, 0.5) is 0 Å². The Kier molecular flexibility index (Phi) is 4.69. The number of benzene rings is 1. The topological polar surface area (TPSA) is 59.5 Å². The molecule has 0 saturated heterocycles. The lowest BCUT2D eigenvalue weighted by molar-refractivity contribution is 0.0704. The molecule has 0 radical (unpaired) electrons. The third kappa shape index (κ3) is 3.73. The van der Waals surface area contributed by atoms with Crippen LogP contribution in [-0.2, 0) is 13.1 Å². The molecule has 136 valence electrons. The van der Waals surface area contributed by atoms with Gasteiger partial charge in [-0.25, -0.2) is 0 Å². The normalized spacial score (nSPS) is 11.0. The van der Waals surface area contributed by atoms with E-state index in [9.17, 15) is 4.79 Å². The Morgan fingerprint density at radius 2 is 1.70 bits per heavy atom. The first-order valence-electron chi connectivity index (χ1n) is 8.51. The molecule has 0 aliphatic rings. The van der Waals surface area contributed by atoms with Gasteiger partial charge in [-0.05, 0) is 55.5 Å². The molecule has 0 unspecified atom stereocenters. The quantitative estimate of drug-likeness (QED) is 0.476. The van der Waals surface area contributed by atoms with Crippen LogP contribution >= 0.6 is 11.6 Å². The first kappa shape index (κ1) is 17.4. The molecule has 0 N–H and O–H groups in total. The van der Waals surface area contributed by atoms with E-state index >= 15 is 0 Å². The van der Waals surface area contributed by atoms with Gasteiger partial charge in [0.25, 0.3) is 5.91 Å². The maximum absolute atomic E-state index is 13.3. The zero-order valence-corrected chi connectivity index (χ0v) is 15.4. The Hall–Kier alpha value is -3.05. The number of carbonyl (C=O) groups is 1. The lowest BCUT2D eigenvalue weighted by Gasteiger charge is -2.21. The molecule has 0 aliphatic heterocycles. The molecule has 0 spiro atoms. The van der Waals surface area contributed by atoms with Crippen molar-refractivity contribution in [2.75, 3.05) is 0 Å². The van der Waals surface area contributed by atoms with Gasteiger partial charge in [-0.1, -0.05) is 11.6 Å². The highest BCUT2D eigenvalue weighted by atomic mass is 35.5. The number of hydrogen-bond donors (Lipinski definition) is 0. The third-order valence-electron chi connectivity index (χ3n) is 4.34. The summed E-state index contributed by atoms with van der Waals surface area (Å²) in [5, 5.41) is 1.43. The molecule has 27 heavy (non-hydrogen) atoms. The Morgan fingerprint density at radius 1 is 1.04 bits per heavy atom. The van der Waals surface area contributed by atoms with E-state index in [1.165, 1.54) is 0 Å². The Bertz CT molecular complexity index is 1040. The Morgan fingerprint density at radius 3 is 2.30 bits per heavy atom. The summed E-state index contributed by atoms with van der Waals surface area (Å²) < 4.78 is 10.9. The Labute approximate surface area is 161 Å². The SMILES string of the molecule is Cc1nc2ccc(Cl)cc2cc1C(=O)N(Cc1ccco1)Cc1ccco1. The van der Waals surface area contributed by atoms with Crippen LogP contribution in [-0.4, -0.2) is 15.8 Å². The van der Waals surface area contributed by atoms with E-state index in [-0.39, 0.29) is 5.91 Å². The highest BCUT2D eigenvalue weighted by molar-refractivity contribution is 6.31. The molecular formula is C21H17ClN2O3. The summed E-state index contributed by atoms with van der Waals surface area (Å²) in [7, 11) is 0. The van der Waals surface area contributed by atoms with Crippen LogP contribution in [0.5, 0.6) is 0 Å². The first-order chi connectivity index (χ1) is 13.1. The number of pyridine rings is 1. The summed E-state index contributed by atoms with van der Waals surface area (Å²) in [6.07, 6.45) is 3.19. The summed E-state index contributed by atoms with van der Waals surface area (Å²) in [4.78, 5) is 19.6. The van der Waals surface area contributed by atoms with Gasteiger partial charge in [0.1, 0.15) is 11.5 Å². The standard InChI is InChI=1S/C21H17ClN2O3/c1-14-19(11-15-10-16(22)6-7-20(15)23-14)21(25)24(12-17-4-2-8-26-17)13-18-5-3-9-27-18/h2-11H,12-13H2,1H3. The van der Waals surface area contributed by atoms with Gasteiger partial charge in [-0.15, -0.1) is 0 Å². The number of rotatable bonds is 5. The van der Waals surface area contributed by atoms with E-state index in [0.717, 1.165) is 10.9 Å². The van der Waals surface area contributed by atoms with Gasteiger partial charge in [0, 0.05) is 10.4 Å². The minimum absolute atomic E-state index is 0.144. The number of nitrogens with zero attached hydrogens (tertiary/aromatic N) is 2. The van der Waals surface area contributed by atoms with E-state index in [2.05, 4.69) is 4.98 Å². The number of aryl methyl sites for hydroxylation is 1. The number of fused-ring (bicyclic) bond motifs is 1. The molecule has 3 heterocycles. The molecule has 0 bridgehead atoms. The molecule has 4 aromatic rings. The summed E-state index contributed by atoms with van der Waals surface area (Å²) in [6.45, 7) is 2.50. The van der Waals surface area contributed by atoms with Crippen LogP contribution in [0.2, 0.25) is 5.02 Å². The van der Waals surface area contributed by atoms with Crippen molar-refractivity contribution in [1.82, 2.24) is 9.88 Å². The van der Waals surface area contributed by atoms with Crippen LogP contribution in [0.25, 0.3) is 10.9 Å². The van der Waals surface area contributed by atoms with Crippen LogP contribution in [0.15, 0.2) is 69.9 Å². The largest absolute Gasteiger partial charge is 0.467 e. The zero-order valence-electron chi connectivity index (χ0n) is 14.7. The second-order valence-corrected chi connectivity index (χ2v) is 6.71. The van der Waals surface area contributed by atoms with E-state index in [1.54, 1.807) is 35.6 Å². The van der Waals surface area contributed by atoms with Crippen molar-refractivity contribution in [3.63, 3.8) is 0 Å². The smallest absolute Gasteiger partial charge is 0.256 e. The summed E-state index contributed by atoms with van der Waals surface area (Å²) in [6, 6.07) is 14.6. The maximum Gasteiger partial charge on any atom is 0.256 e.